The molecule has 0 bridgehead atoms. The lowest BCUT2D eigenvalue weighted by molar-refractivity contribution is -0.139. The molecule has 10 nitrogen and oxygen atoms in total. The van der Waals surface area contributed by atoms with E-state index in [2.05, 4.69) is 38.2 Å². The minimum Gasteiger partial charge on any atom is -0.358 e. The SMILES string of the molecule is CCC(C)[C@H](NC(=O)Cc1ccccc1F)C(=O)N[C@]1(C(=O)NC(C(=O)NCC2CCN(C)CC2)[C@@H](C)CC)CCc2[nH]c3c(C(F)(F)F)cccc3c2C1. The normalized spacial score (nSPS) is 20.2. The third-order valence-corrected chi connectivity index (χ3v) is 11.7. The van der Waals surface area contributed by atoms with E-state index in [1.807, 2.05) is 20.8 Å². The molecular weight excluding hydrogens is 716 g/mol. The Bertz CT molecular complexity index is 1860. The third-order valence-electron chi connectivity index (χ3n) is 11.7. The quantitative estimate of drug-likeness (QED) is 0.140. The second-order valence-corrected chi connectivity index (χ2v) is 15.6. The number of carbonyl (C=O) groups is 4. The van der Waals surface area contributed by atoms with E-state index in [1.54, 1.807) is 19.1 Å². The topological polar surface area (TPSA) is 135 Å². The Hall–Kier alpha value is -4.46. The number of hydrogen-bond acceptors (Lipinski definition) is 5. The number of amides is 4. The van der Waals surface area contributed by atoms with Gasteiger partial charge in [-0.05, 0) is 86.8 Å². The summed E-state index contributed by atoms with van der Waals surface area (Å²) in [6.07, 6.45) is -2.09. The fourth-order valence-corrected chi connectivity index (χ4v) is 7.72. The summed E-state index contributed by atoms with van der Waals surface area (Å²) in [6, 6.07) is 7.62. The van der Waals surface area contributed by atoms with Crippen LogP contribution in [0.4, 0.5) is 17.6 Å². The van der Waals surface area contributed by atoms with Crippen LogP contribution in [-0.4, -0.2) is 77.8 Å². The number of aromatic amines is 1. The lowest BCUT2D eigenvalue weighted by atomic mass is 9.78. The van der Waals surface area contributed by atoms with Gasteiger partial charge in [-0.15, -0.1) is 0 Å². The van der Waals surface area contributed by atoms with Crippen molar-refractivity contribution >= 4 is 34.5 Å². The van der Waals surface area contributed by atoms with Crippen LogP contribution >= 0.6 is 0 Å². The number of nitrogens with zero attached hydrogens (tertiary/aromatic N) is 1. The van der Waals surface area contributed by atoms with E-state index < -0.39 is 58.8 Å². The first kappa shape index (κ1) is 41.7. The standard InChI is InChI=1S/C41H54F4N6O4/c1-6-24(3)34(37(53)46-23-26-16-19-51(5)20-17-26)49-39(55)40(18-15-32-29(22-40)28-12-10-13-30(36(28)47-32)41(43,44)45)50-38(54)35(25(4)7-2)48-33(52)21-27-11-8-9-14-31(27)42/h8-14,24-26,34-35,47H,6-7,15-23H2,1-5H3,(H,46,53)(H,48,52)(H,49,55)(H,50,54)/t24-,25?,34?,35-,40+/m0/s1. The van der Waals surface area contributed by atoms with Gasteiger partial charge >= 0.3 is 6.18 Å². The highest BCUT2D eigenvalue weighted by atomic mass is 19.4. The highest BCUT2D eigenvalue weighted by Crippen LogP contribution is 2.40. The number of hydrogen-bond donors (Lipinski definition) is 5. The van der Waals surface area contributed by atoms with Gasteiger partial charge in [0.05, 0.1) is 17.5 Å². The summed E-state index contributed by atoms with van der Waals surface area (Å²) >= 11 is 0. The number of carbonyl (C=O) groups excluding carboxylic acids is 4. The molecule has 5 rings (SSSR count). The van der Waals surface area contributed by atoms with Crippen LogP contribution in [-0.2, 0) is 44.6 Å². The first-order valence-corrected chi connectivity index (χ1v) is 19.4. The number of benzene rings is 2. The first-order valence-electron chi connectivity index (χ1n) is 19.4. The van der Waals surface area contributed by atoms with Crippen molar-refractivity contribution in [2.45, 2.75) is 103 Å². The molecule has 5 N–H and O–H groups in total. The monoisotopic (exact) mass is 770 g/mol. The zero-order valence-electron chi connectivity index (χ0n) is 32.3. The number of nitrogens with one attached hydrogen (secondary N) is 5. The summed E-state index contributed by atoms with van der Waals surface area (Å²) < 4.78 is 56.7. The minimum absolute atomic E-state index is 0.00653. The molecule has 4 amide bonds. The maximum Gasteiger partial charge on any atom is 0.418 e. The van der Waals surface area contributed by atoms with Crippen LogP contribution in [0.2, 0.25) is 0 Å². The van der Waals surface area contributed by atoms with Gasteiger partial charge in [-0.25, -0.2) is 4.39 Å². The maximum absolute atomic E-state index is 14.8. The zero-order chi connectivity index (χ0) is 40.1. The van der Waals surface area contributed by atoms with Gasteiger partial charge < -0.3 is 31.2 Å². The Morgan fingerprint density at radius 1 is 0.927 bits per heavy atom. The molecule has 1 aliphatic carbocycles. The zero-order valence-corrected chi connectivity index (χ0v) is 32.3. The average Bonchev–Trinajstić information content (AvgIpc) is 3.53. The Labute approximate surface area is 319 Å². The second-order valence-electron chi connectivity index (χ2n) is 15.6. The largest absolute Gasteiger partial charge is 0.418 e. The lowest BCUT2D eigenvalue weighted by Gasteiger charge is -2.40. The van der Waals surface area contributed by atoms with Gasteiger partial charge in [-0.2, -0.15) is 13.2 Å². The molecule has 1 fully saturated rings. The van der Waals surface area contributed by atoms with Crippen LogP contribution < -0.4 is 21.3 Å². The Balaban J connectivity index is 1.47. The van der Waals surface area contributed by atoms with Crippen molar-refractivity contribution in [2.24, 2.45) is 17.8 Å². The summed E-state index contributed by atoms with van der Waals surface area (Å²) in [7, 11) is 2.06. The van der Waals surface area contributed by atoms with Crippen molar-refractivity contribution in [2.75, 3.05) is 26.7 Å². The van der Waals surface area contributed by atoms with Crippen molar-refractivity contribution in [3.05, 3.63) is 70.7 Å². The molecular formula is C41H54F4N6O4. The van der Waals surface area contributed by atoms with E-state index in [0.717, 1.165) is 32.0 Å². The van der Waals surface area contributed by atoms with Gasteiger partial charge in [-0.3, -0.25) is 19.2 Å². The number of para-hydroxylation sites is 1. The van der Waals surface area contributed by atoms with Gasteiger partial charge in [0, 0.05) is 24.0 Å². The number of rotatable bonds is 14. The Morgan fingerprint density at radius 3 is 2.22 bits per heavy atom. The van der Waals surface area contributed by atoms with Crippen LogP contribution in [0.15, 0.2) is 42.5 Å². The van der Waals surface area contributed by atoms with E-state index in [-0.39, 0.29) is 54.0 Å². The molecule has 0 spiro atoms. The lowest BCUT2D eigenvalue weighted by Crippen LogP contribution is -2.67. The molecule has 1 saturated heterocycles. The van der Waals surface area contributed by atoms with E-state index in [4.69, 9.17) is 0 Å². The van der Waals surface area contributed by atoms with Crippen LogP contribution in [0.1, 0.15) is 82.2 Å². The van der Waals surface area contributed by atoms with Crippen molar-refractivity contribution in [1.29, 1.82) is 0 Å². The molecule has 55 heavy (non-hydrogen) atoms. The molecule has 2 heterocycles. The van der Waals surface area contributed by atoms with Crippen molar-refractivity contribution < 1.29 is 36.7 Å². The predicted molar refractivity (Wildman–Crippen MR) is 202 cm³/mol. The van der Waals surface area contributed by atoms with Crippen LogP contribution in [0, 0.1) is 23.6 Å². The second kappa shape index (κ2) is 17.6. The van der Waals surface area contributed by atoms with Crippen LogP contribution in [0.5, 0.6) is 0 Å². The summed E-state index contributed by atoms with van der Waals surface area (Å²) in [5, 5.41) is 12.0. The number of aryl methyl sites for hydroxylation is 1. The average molecular weight is 771 g/mol. The molecule has 1 aromatic heterocycles. The molecule has 1 aliphatic heterocycles. The number of halogens is 4. The number of alkyl halides is 3. The van der Waals surface area contributed by atoms with Crippen molar-refractivity contribution in [3.8, 4) is 0 Å². The van der Waals surface area contributed by atoms with Gasteiger partial charge in [-0.1, -0.05) is 70.9 Å². The van der Waals surface area contributed by atoms with Crippen molar-refractivity contribution in [3.63, 3.8) is 0 Å². The van der Waals surface area contributed by atoms with Crippen LogP contribution in [0.3, 0.4) is 0 Å². The fourth-order valence-electron chi connectivity index (χ4n) is 7.72. The predicted octanol–water partition coefficient (Wildman–Crippen LogP) is 5.43. The highest BCUT2D eigenvalue weighted by molar-refractivity contribution is 5.99. The number of fused-ring (bicyclic) bond motifs is 3. The molecule has 0 saturated carbocycles. The van der Waals surface area contributed by atoms with Crippen LogP contribution in [0.25, 0.3) is 10.9 Å². The molecule has 5 atom stereocenters. The molecule has 300 valence electrons. The number of aromatic nitrogens is 1. The van der Waals surface area contributed by atoms with Gasteiger partial charge in [0.25, 0.3) is 0 Å². The van der Waals surface area contributed by atoms with E-state index in [9.17, 15) is 36.7 Å². The molecule has 2 aromatic carbocycles. The fraction of sp³-hybridized carbons (Fsp3) is 0.561. The molecule has 2 aliphatic rings. The van der Waals surface area contributed by atoms with Crippen molar-refractivity contribution in [1.82, 2.24) is 31.2 Å². The highest BCUT2D eigenvalue weighted by Gasteiger charge is 2.47. The molecule has 14 heteroatoms. The summed E-state index contributed by atoms with van der Waals surface area (Å²) in [4.78, 5) is 61.3. The number of piperidine rings is 1. The van der Waals surface area contributed by atoms with Gasteiger partial charge in [0.2, 0.25) is 23.6 Å². The van der Waals surface area contributed by atoms with Gasteiger partial charge in [0.15, 0.2) is 0 Å². The summed E-state index contributed by atoms with van der Waals surface area (Å²) in [5.41, 5.74) is -1.51. The van der Waals surface area contributed by atoms with E-state index >= 15 is 0 Å². The minimum atomic E-state index is -4.63. The molecule has 3 aromatic rings. The molecule has 0 radical (unpaired) electrons. The summed E-state index contributed by atoms with van der Waals surface area (Å²) in [6.45, 7) is 9.68. The Morgan fingerprint density at radius 2 is 1.58 bits per heavy atom. The number of H-pyrrole nitrogens is 1. The Kier molecular flexibility index (Phi) is 13.3. The third kappa shape index (κ3) is 9.68. The molecule has 2 unspecified atom stereocenters. The maximum atomic E-state index is 14.8. The first-order chi connectivity index (χ1) is 26.1. The van der Waals surface area contributed by atoms with E-state index in [1.165, 1.54) is 24.3 Å². The smallest absolute Gasteiger partial charge is 0.358 e. The van der Waals surface area contributed by atoms with E-state index in [0.29, 0.717) is 36.6 Å². The van der Waals surface area contributed by atoms with Gasteiger partial charge in [0.1, 0.15) is 23.4 Å². The summed E-state index contributed by atoms with van der Waals surface area (Å²) in [5.74, 6) is -3.22. The number of likely N-dealkylation sites (tertiary alicyclic amines) is 1.